The molecule has 0 bridgehead atoms. The number of benzene rings is 1. The van der Waals surface area contributed by atoms with Crippen LogP contribution in [0.5, 0.6) is 0 Å². The Morgan fingerprint density at radius 3 is 2.77 bits per heavy atom. The van der Waals surface area contributed by atoms with Crippen LogP contribution in [0.15, 0.2) is 24.5 Å². The fourth-order valence-electron chi connectivity index (χ4n) is 1.47. The van der Waals surface area contributed by atoms with Crippen LogP contribution >= 0.6 is 11.6 Å². The van der Waals surface area contributed by atoms with Crippen LogP contribution in [0, 0.1) is 13.8 Å². The van der Waals surface area contributed by atoms with Crippen LogP contribution in [-0.2, 0) is 0 Å². The van der Waals surface area contributed by atoms with Gasteiger partial charge in [0.2, 0.25) is 0 Å². The van der Waals surface area contributed by atoms with Crippen LogP contribution in [0.2, 0.25) is 5.02 Å². The summed E-state index contributed by atoms with van der Waals surface area (Å²) < 4.78 is 0. The number of aryl methyl sites for hydroxylation is 1. The Labute approximate surface area is 82.4 Å². The van der Waals surface area contributed by atoms with E-state index >= 15 is 0 Å². The Bertz CT molecular complexity index is 463. The maximum absolute atomic E-state index is 6.07. The molecule has 0 radical (unpaired) electrons. The SMILES string of the molecule is Cc1c(Cl)cc2ccncc2c1C. The van der Waals surface area contributed by atoms with Crippen molar-refractivity contribution in [3.8, 4) is 0 Å². The number of hydrogen-bond donors (Lipinski definition) is 0. The van der Waals surface area contributed by atoms with Gasteiger partial charge in [-0.3, -0.25) is 4.98 Å². The molecule has 2 heteroatoms. The average Bonchev–Trinajstić information content (AvgIpc) is 2.15. The second-order valence-corrected chi connectivity index (χ2v) is 3.61. The quantitative estimate of drug-likeness (QED) is 0.621. The first-order valence-corrected chi connectivity index (χ1v) is 4.57. The fourth-order valence-corrected chi connectivity index (χ4v) is 1.73. The molecule has 0 fully saturated rings. The van der Waals surface area contributed by atoms with Crippen LogP contribution in [0.1, 0.15) is 11.1 Å². The standard InChI is InChI=1S/C11H10ClN/c1-7-8(2)11(12)5-9-3-4-13-6-10(7)9/h3-6H,1-2H3. The topological polar surface area (TPSA) is 12.9 Å². The first-order chi connectivity index (χ1) is 6.20. The van der Waals surface area contributed by atoms with Crippen LogP contribution in [-0.4, -0.2) is 4.98 Å². The molecule has 0 aliphatic heterocycles. The van der Waals surface area contributed by atoms with Gasteiger partial charge < -0.3 is 0 Å². The molecule has 0 aliphatic rings. The van der Waals surface area contributed by atoms with Crippen molar-refractivity contribution < 1.29 is 0 Å². The third-order valence-electron chi connectivity index (χ3n) is 2.46. The zero-order valence-corrected chi connectivity index (χ0v) is 8.39. The largest absolute Gasteiger partial charge is 0.264 e. The van der Waals surface area contributed by atoms with Gasteiger partial charge in [-0.15, -0.1) is 0 Å². The summed E-state index contributed by atoms with van der Waals surface area (Å²) in [6.07, 6.45) is 3.67. The summed E-state index contributed by atoms with van der Waals surface area (Å²) in [4.78, 5) is 4.10. The number of fused-ring (bicyclic) bond motifs is 1. The summed E-state index contributed by atoms with van der Waals surface area (Å²) in [5, 5.41) is 3.17. The maximum Gasteiger partial charge on any atom is 0.0444 e. The van der Waals surface area contributed by atoms with Crippen molar-refractivity contribution in [2.45, 2.75) is 13.8 Å². The highest BCUT2D eigenvalue weighted by Crippen LogP contribution is 2.26. The summed E-state index contributed by atoms with van der Waals surface area (Å²) in [7, 11) is 0. The van der Waals surface area contributed by atoms with Crippen molar-refractivity contribution >= 4 is 22.4 Å². The van der Waals surface area contributed by atoms with Crippen molar-refractivity contribution in [2.75, 3.05) is 0 Å². The van der Waals surface area contributed by atoms with E-state index in [1.807, 2.05) is 25.3 Å². The Kier molecular flexibility index (Phi) is 1.97. The smallest absolute Gasteiger partial charge is 0.0444 e. The number of pyridine rings is 1. The molecule has 0 saturated carbocycles. The number of rotatable bonds is 0. The molecule has 1 heterocycles. The number of hydrogen-bond acceptors (Lipinski definition) is 1. The molecule has 0 atom stereocenters. The van der Waals surface area contributed by atoms with Gasteiger partial charge in [-0.25, -0.2) is 0 Å². The van der Waals surface area contributed by atoms with Gasteiger partial charge in [0, 0.05) is 22.8 Å². The minimum atomic E-state index is 0.830. The molecule has 2 rings (SSSR count). The second kappa shape index (κ2) is 3.00. The fraction of sp³-hybridized carbons (Fsp3) is 0.182. The maximum atomic E-state index is 6.07. The number of nitrogens with zero attached hydrogens (tertiary/aromatic N) is 1. The third kappa shape index (κ3) is 1.29. The summed E-state index contributed by atoms with van der Waals surface area (Å²) in [5.74, 6) is 0. The van der Waals surface area contributed by atoms with E-state index in [2.05, 4.69) is 11.9 Å². The van der Waals surface area contributed by atoms with Gasteiger partial charge in [0.1, 0.15) is 0 Å². The lowest BCUT2D eigenvalue weighted by atomic mass is 10.0. The third-order valence-corrected chi connectivity index (χ3v) is 2.85. The van der Waals surface area contributed by atoms with E-state index in [4.69, 9.17) is 11.6 Å². The zero-order valence-electron chi connectivity index (χ0n) is 7.63. The van der Waals surface area contributed by atoms with E-state index in [-0.39, 0.29) is 0 Å². The van der Waals surface area contributed by atoms with Crippen molar-refractivity contribution in [3.05, 3.63) is 40.7 Å². The minimum Gasteiger partial charge on any atom is -0.264 e. The number of halogens is 1. The molecular formula is C11H10ClN. The van der Waals surface area contributed by atoms with Gasteiger partial charge >= 0.3 is 0 Å². The first-order valence-electron chi connectivity index (χ1n) is 4.19. The lowest BCUT2D eigenvalue weighted by Gasteiger charge is -2.06. The summed E-state index contributed by atoms with van der Waals surface area (Å²) >= 11 is 6.07. The highest BCUT2D eigenvalue weighted by Gasteiger charge is 2.03. The monoisotopic (exact) mass is 191 g/mol. The van der Waals surface area contributed by atoms with E-state index < -0.39 is 0 Å². The molecule has 1 aromatic heterocycles. The molecule has 1 nitrogen and oxygen atoms in total. The van der Waals surface area contributed by atoms with Crippen molar-refractivity contribution in [1.29, 1.82) is 0 Å². The molecule has 1 aromatic carbocycles. The van der Waals surface area contributed by atoms with Crippen molar-refractivity contribution in [1.82, 2.24) is 4.98 Å². The molecule has 0 N–H and O–H groups in total. The van der Waals surface area contributed by atoms with Crippen LogP contribution in [0.3, 0.4) is 0 Å². The van der Waals surface area contributed by atoms with E-state index in [0.717, 1.165) is 16.0 Å². The predicted molar refractivity (Wildman–Crippen MR) is 56.2 cm³/mol. The van der Waals surface area contributed by atoms with E-state index in [9.17, 15) is 0 Å². The van der Waals surface area contributed by atoms with Crippen LogP contribution < -0.4 is 0 Å². The lowest BCUT2D eigenvalue weighted by Crippen LogP contribution is -1.86. The van der Waals surface area contributed by atoms with Gasteiger partial charge in [-0.2, -0.15) is 0 Å². The molecular weight excluding hydrogens is 182 g/mol. The molecule has 0 amide bonds. The van der Waals surface area contributed by atoms with E-state index in [1.165, 1.54) is 10.9 Å². The zero-order chi connectivity index (χ0) is 9.42. The van der Waals surface area contributed by atoms with Gasteiger partial charge in [-0.05, 0) is 42.5 Å². The Balaban J connectivity index is 2.94. The Morgan fingerprint density at radius 2 is 2.00 bits per heavy atom. The van der Waals surface area contributed by atoms with Crippen molar-refractivity contribution in [3.63, 3.8) is 0 Å². The summed E-state index contributed by atoms with van der Waals surface area (Å²) in [6, 6.07) is 3.97. The molecule has 0 saturated heterocycles. The van der Waals surface area contributed by atoms with Crippen LogP contribution in [0.25, 0.3) is 10.8 Å². The van der Waals surface area contributed by atoms with Gasteiger partial charge in [-0.1, -0.05) is 11.6 Å². The van der Waals surface area contributed by atoms with E-state index in [1.54, 1.807) is 6.20 Å². The van der Waals surface area contributed by atoms with Gasteiger partial charge in [0.25, 0.3) is 0 Å². The minimum absolute atomic E-state index is 0.830. The molecule has 66 valence electrons. The molecule has 2 aromatic rings. The molecule has 13 heavy (non-hydrogen) atoms. The summed E-state index contributed by atoms with van der Waals surface area (Å²) in [6.45, 7) is 4.11. The van der Waals surface area contributed by atoms with Gasteiger partial charge in [0.05, 0.1) is 0 Å². The highest BCUT2D eigenvalue weighted by atomic mass is 35.5. The lowest BCUT2D eigenvalue weighted by molar-refractivity contribution is 1.32. The molecule has 0 unspecified atom stereocenters. The Hall–Kier alpha value is -1.08. The van der Waals surface area contributed by atoms with Crippen molar-refractivity contribution in [2.24, 2.45) is 0 Å². The van der Waals surface area contributed by atoms with E-state index in [0.29, 0.717) is 0 Å². The normalized spacial score (nSPS) is 10.7. The predicted octanol–water partition coefficient (Wildman–Crippen LogP) is 3.51. The number of aromatic nitrogens is 1. The average molecular weight is 192 g/mol. The van der Waals surface area contributed by atoms with Gasteiger partial charge in [0.15, 0.2) is 0 Å². The van der Waals surface area contributed by atoms with Crippen LogP contribution in [0.4, 0.5) is 0 Å². The first kappa shape index (κ1) is 8.52. The Morgan fingerprint density at radius 1 is 1.23 bits per heavy atom. The second-order valence-electron chi connectivity index (χ2n) is 3.21. The highest BCUT2D eigenvalue weighted by molar-refractivity contribution is 6.32. The molecule has 0 spiro atoms. The molecule has 0 aliphatic carbocycles. The summed E-state index contributed by atoms with van der Waals surface area (Å²) in [5.41, 5.74) is 2.36.